The van der Waals surface area contributed by atoms with E-state index in [1.165, 1.54) is 88.2 Å². The Hall–Kier alpha value is -3.14. The van der Waals surface area contributed by atoms with Crippen LogP contribution in [-0.2, 0) is 10.8 Å². The Morgan fingerprint density at radius 1 is 0.500 bits per heavy atom. The van der Waals surface area contributed by atoms with Crippen molar-refractivity contribution in [3.63, 3.8) is 0 Å². The Morgan fingerprint density at radius 2 is 0.818 bits per heavy atom. The average molecular weight is 589 g/mol. The van der Waals surface area contributed by atoms with Crippen molar-refractivity contribution in [1.29, 1.82) is 0 Å². The lowest BCUT2D eigenvalue weighted by Gasteiger charge is -2.58. The molecule has 0 aliphatic heterocycles. The third kappa shape index (κ3) is 4.37. The highest BCUT2D eigenvalue weighted by molar-refractivity contribution is 5.58. The third-order valence-electron chi connectivity index (χ3n) is 13.2. The van der Waals surface area contributed by atoms with Gasteiger partial charge in [-0.15, -0.1) is 0 Å². The van der Waals surface area contributed by atoms with Crippen LogP contribution in [0.3, 0.4) is 0 Å². The lowest BCUT2D eigenvalue weighted by atomic mass is 9.47. The van der Waals surface area contributed by atoms with Gasteiger partial charge in [-0.25, -0.2) is 0 Å². The summed E-state index contributed by atoms with van der Waals surface area (Å²) in [4.78, 5) is 0. The Labute approximate surface area is 262 Å². The summed E-state index contributed by atoms with van der Waals surface area (Å²) in [5.74, 6) is 9.01. The molecule has 8 aliphatic carbocycles. The van der Waals surface area contributed by atoms with E-state index in [4.69, 9.17) is 20.9 Å². The van der Waals surface area contributed by atoms with Gasteiger partial charge in [0.25, 0.3) is 0 Å². The van der Waals surface area contributed by atoms with Crippen molar-refractivity contribution in [2.24, 2.45) is 35.5 Å². The van der Waals surface area contributed by atoms with Gasteiger partial charge in [-0.1, -0.05) is 0 Å². The first-order chi connectivity index (χ1) is 21.2. The van der Waals surface area contributed by atoms with Crippen molar-refractivity contribution in [3.8, 4) is 23.0 Å². The lowest BCUT2D eigenvalue weighted by molar-refractivity contribution is -0.00824. The summed E-state index contributed by atoms with van der Waals surface area (Å²) in [6.45, 7) is 4.16. The number of hydrogen-bond donors (Lipinski definition) is 2. The second-order valence-electron chi connectivity index (χ2n) is 16.5. The fourth-order valence-corrected chi connectivity index (χ4v) is 12.1. The van der Waals surface area contributed by atoms with Crippen molar-refractivity contribution in [1.82, 2.24) is 0 Å². The Balaban J connectivity index is 1.23. The van der Waals surface area contributed by atoms with Crippen LogP contribution in [0.25, 0.3) is 0 Å². The molecule has 8 fully saturated rings. The zero-order valence-electron chi connectivity index (χ0n) is 26.5. The molecule has 3 aromatic rings. The molecule has 0 heterocycles. The van der Waals surface area contributed by atoms with Gasteiger partial charge in [0.05, 0.1) is 0 Å². The second kappa shape index (κ2) is 9.68. The van der Waals surface area contributed by atoms with Crippen molar-refractivity contribution < 1.29 is 9.47 Å². The van der Waals surface area contributed by atoms with Crippen molar-refractivity contribution in [2.75, 3.05) is 11.5 Å². The molecule has 0 amide bonds. The second-order valence-corrected chi connectivity index (χ2v) is 16.5. The number of hydrogen-bond acceptors (Lipinski definition) is 4. The summed E-state index contributed by atoms with van der Waals surface area (Å²) in [6, 6.07) is 17.3. The topological polar surface area (TPSA) is 70.5 Å². The van der Waals surface area contributed by atoms with Gasteiger partial charge in [0, 0.05) is 22.5 Å². The van der Waals surface area contributed by atoms with Gasteiger partial charge < -0.3 is 20.9 Å². The fourth-order valence-electron chi connectivity index (χ4n) is 12.1. The maximum atomic E-state index is 7.05. The van der Waals surface area contributed by atoms with Gasteiger partial charge >= 0.3 is 0 Å². The number of anilines is 2. The van der Waals surface area contributed by atoms with Crippen LogP contribution in [0.4, 0.5) is 11.4 Å². The predicted octanol–water partition coefficient (Wildman–Crippen LogP) is 9.99. The van der Waals surface area contributed by atoms with Gasteiger partial charge in [-0.2, -0.15) is 0 Å². The number of rotatable bonds is 6. The van der Waals surface area contributed by atoms with Gasteiger partial charge in [0.1, 0.15) is 23.0 Å². The molecule has 0 saturated heterocycles. The van der Waals surface area contributed by atoms with E-state index in [1.807, 2.05) is 12.1 Å². The number of nitrogen functional groups attached to an aromatic ring is 2. The number of ether oxygens (including phenoxy) is 2. The molecule has 230 valence electrons. The minimum absolute atomic E-state index is 0.169. The first-order valence-electron chi connectivity index (χ1n) is 17.5. The van der Waals surface area contributed by atoms with Crippen molar-refractivity contribution in [2.45, 2.75) is 102 Å². The first-order valence-corrected chi connectivity index (χ1v) is 17.5. The molecule has 8 bridgehead atoms. The summed E-state index contributed by atoms with van der Waals surface area (Å²) < 4.78 is 14.1. The summed E-state index contributed by atoms with van der Waals surface area (Å²) >= 11 is 0. The average Bonchev–Trinajstić information content (AvgIpc) is 2.96. The highest BCUT2D eigenvalue weighted by Crippen LogP contribution is 2.65. The summed E-state index contributed by atoms with van der Waals surface area (Å²) in [5.41, 5.74) is 19.4. The number of nitrogens with two attached hydrogens (primary N) is 2. The zero-order chi connectivity index (χ0) is 29.8. The quantitative estimate of drug-likeness (QED) is 0.281. The van der Waals surface area contributed by atoms with Crippen LogP contribution in [0.2, 0.25) is 0 Å². The van der Waals surface area contributed by atoms with E-state index >= 15 is 0 Å². The zero-order valence-corrected chi connectivity index (χ0v) is 26.5. The molecule has 8 saturated carbocycles. The van der Waals surface area contributed by atoms with E-state index in [2.05, 4.69) is 50.2 Å². The molecule has 0 aromatic heterocycles. The standard InChI is InChI=1S/C40H48N2O2/c1-23-7-31(3-5-35(23)41)43-37-15-34(40-20-28-12-29(21-40)14-30(13-28)22-40)38(44-32-4-6-36(42)24(2)8-32)16-33(37)39-17-25-9-26(18-39)11-27(10-25)19-39/h3-8,15-16,25-30H,9-14,17-22,41-42H2,1-2H3. The van der Waals surface area contributed by atoms with E-state index in [0.717, 1.165) is 81.0 Å². The van der Waals surface area contributed by atoms with Crippen LogP contribution >= 0.6 is 0 Å². The molecule has 0 radical (unpaired) electrons. The molecule has 4 nitrogen and oxygen atoms in total. The third-order valence-corrected chi connectivity index (χ3v) is 13.2. The smallest absolute Gasteiger partial charge is 0.131 e. The molecule has 11 rings (SSSR count). The van der Waals surface area contributed by atoms with E-state index in [-0.39, 0.29) is 10.8 Å². The summed E-state index contributed by atoms with van der Waals surface area (Å²) in [6.07, 6.45) is 16.2. The van der Waals surface area contributed by atoms with Crippen molar-refractivity contribution in [3.05, 3.63) is 70.8 Å². The summed E-state index contributed by atoms with van der Waals surface area (Å²) in [5, 5.41) is 0. The van der Waals surface area contributed by atoms with Crippen molar-refractivity contribution >= 4 is 11.4 Å². The largest absolute Gasteiger partial charge is 0.457 e. The Bertz CT molecular complexity index is 1450. The fraction of sp³-hybridized carbons (Fsp3) is 0.550. The Kier molecular flexibility index (Phi) is 5.98. The molecular weight excluding hydrogens is 540 g/mol. The molecule has 8 aliphatic rings. The normalized spacial score (nSPS) is 36.1. The van der Waals surface area contributed by atoms with Crippen LogP contribution in [0.15, 0.2) is 48.5 Å². The molecule has 4 N–H and O–H groups in total. The number of aryl methyl sites for hydroxylation is 2. The highest BCUT2D eigenvalue weighted by Gasteiger charge is 2.55. The van der Waals surface area contributed by atoms with Crippen LogP contribution in [0, 0.1) is 49.4 Å². The van der Waals surface area contributed by atoms with Gasteiger partial charge in [-0.3, -0.25) is 0 Å². The van der Waals surface area contributed by atoms with Crippen LogP contribution < -0.4 is 20.9 Å². The Morgan fingerprint density at radius 3 is 1.11 bits per heavy atom. The SMILES string of the molecule is Cc1cc(Oc2cc(C34CC5CC(CC(C5)C3)C4)c(Oc3ccc(N)c(C)c3)cc2C23CC4CC(CC(C4)C2)C3)ccc1N. The van der Waals surface area contributed by atoms with Gasteiger partial charge in [0.2, 0.25) is 0 Å². The monoisotopic (exact) mass is 588 g/mol. The van der Waals surface area contributed by atoms with Crippen LogP contribution in [0.5, 0.6) is 23.0 Å². The summed E-state index contributed by atoms with van der Waals surface area (Å²) in [7, 11) is 0. The highest BCUT2D eigenvalue weighted by atomic mass is 16.5. The predicted molar refractivity (Wildman–Crippen MR) is 177 cm³/mol. The van der Waals surface area contributed by atoms with E-state index in [1.54, 1.807) is 0 Å². The lowest BCUT2D eigenvalue weighted by Crippen LogP contribution is -2.49. The minimum atomic E-state index is 0.169. The van der Waals surface area contributed by atoms with E-state index in [9.17, 15) is 0 Å². The maximum Gasteiger partial charge on any atom is 0.131 e. The van der Waals surface area contributed by atoms with E-state index in [0.29, 0.717) is 0 Å². The minimum Gasteiger partial charge on any atom is -0.457 e. The number of benzene rings is 3. The molecule has 0 spiro atoms. The first kappa shape index (κ1) is 27.2. The molecule has 4 heteroatoms. The van der Waals surface area contributed by atoms with Gasteiger partial charge in [0.15, 0.2) is 0 Å². The molecule has 0 atom stereocenters. The molecule has 44 heavy (non-hydrogen) atoms. The molecule has 3 aromatic carbocycles. The molecule has 0 unspecified atom stereocenters. The molecular formula is C40H48N2O2. The van der Waals surface area contributed by atoms with Gasteiger partial charge in [-0.05, 0) is 197 Å². The van der Waals surface area contributed by atoms with Crippen LogP contribution in [0.1, 0.15) is 99.3 Å². The maximum absolute atomic E-state index is 7.05. The van der Waals surface area contributed by atoms with Crippen LogP contribution in [-0.4, -0.2) is 0 Å². The van der Waals surface area contributed by atoms with E-state index < -0.39 is 0 Å².